The van der Waals surface area contributed by atoms with E-state index < -0.39 is 27.8 Å². The van der Waals surface area contributed by atoms with E-state index >= 15 is 0 Å². The molecular formula is C13H14N2O4S. The van der Waals surface area contributed by atoms with Gasteiger partial charge in [-0.25, -0.2) is 13.1 Å². The molecule has 20 heavy (non-hydrogen) atoms. The molecule has 1 aromatic carbocycles. The van der Waals surface area contributed by atoms with Crippen molar-refractivity contribution in [2.45, 2.75) is 18.2 Å². The second-order valence-corrected chi connectivity index (χ2v) is 5.81. The number of rotatable bonds is 7. The smallest absolute Gasteiger partial charge is 0.322 e. The highest BCUT2D eigenvalue weighted by molar-refractivity contribution is 7.88. The fourth-order valence-electron chi connectivity index (χ4n) is 1.58. The van der Waals surface area contributed by atoms with E-state index in [2.05, 4.69) is 11.3 Å². The number of carboxylic acid groups (broad SMARTS) is 1. The summed E-state index contributed by atoms with van der Waals surface area (Å²) in [7, 11) is -3.86. The average Bonchev–Trinajstić information content (AvgIpc) is 2.38. The van der Waals surface area contributed by atoms with Gasteiger partial charge in [-0.1, -0.05) is 24.3 Å². The first-order chi connectivity index (χ1) is 9.39. The Morgan fingerprint density at radius 1 is 1.50 bits per heavy atom. The molecule has 0 spiro atoms. The predicted molar refractivity (Wildman–Crippen MR) is 73.2 cm³/mol. The van der Waals surface area contributed by atoms with Crippen LogP contribution in [0.5, 0.6) is 0 Å². The third-order valence-electron chi connectivity index (χ3n) is 2.51. The number of nitrogens with zero attached hydrogens (tertiary/aromatic N) is 1. The number of nitriles is 1. The van der Waals surface area contributed by atoms with Gasteiger partial charge >= 0.3 is 5.97 Å². The zero-order chi connectivity index (χ0) is 15.2. The molecule has 0 heterocycles. The summed E-state index contributed by atoms with van der Waals surface area (Å²) < 4.78 is 26.0. The first-order valence-corrected chi connectivity index (χ1v) is 7.36. The molecule has 0 radical (unpaired) electrons. The van der Waals surface area contributed by atoms with Crippen molar-refractivity contribution in [1.82, 2.24) is 4.72 Å². The molecule has 1 atom stereocenters. The van der Waals surface area contributed by atoms with Gasteiger partial charge in [-0.3, -0.25) is 4.79 Å². The average molecular weight is 294 g/mol. The molecule has 0 aromatic heterocycles. The number of hydrogen-bond donors (Lipinski definition) is 2. The Labute approximate surface area is 117 Å². The van der Waals surface area contributed by atoms with Gasteiger partial charge in [0.2, 0.25) is 10.0 Å². The van der Waals surface area contributed by atoms with Gasteiger partial charge in [0.05, 0.1) is 17.4 Å². The molecule has 7 heteroatoms. The summed E-state index contributed by atoms with van der Waals surface area (Å²) in [6.45, 7) is 3.38. The SMILES string of the molecule is C=CCC(NS(=O)(=O)Cc1ccccc1C#N)C(=O)O. The van der Waals surface area contributed by atoms with Gasteiger partial charge in [-0.2, -0.15) is 5.26 Å². The molecule has 0 aliphatic heterocycles. The highest BCUT2D eigenvalue weighted by Crippen LogP contribution is 2.11. The van der Waals surface area contributed by atoms with Gasteiger partial charge in [0, 0.05) is 0 Å². The zero-order valence-corrected chi connectivity index (χ0v) is 11.4. The molecule has 0 aliphatic rings. The summed E-state index contributed by atoms with van der Waals surface area (Å²) in [6, 6.07) is 6.90. The zero-order valence-electron chi connectivity index (χ0n) is 10.6. The monoisotopic (exact) mass is 294 g/mol. The summed E-state index contributed by atoms with van der Waals surface area (Å²) in [5.74, 6) is -1.72. The minimum absolute atomic E-state index is 0.0194. The van der Waals surface area contributed by atoms with Crippen molar-refractivity contribution in [1.29, 1.82) is 5.26 Å². The molecule has 1 rings (SSSR count). The molecule has 0 saturated heterocycles. The molecular weight excluding hydrogens is 280 g/mol. The maximum atomic E-state index is 11.9. The summed E-state index contributed by atoms with van der Waals surface area (Å²) >= 11 is 0. The van der Waals surface area contributed by atoms with Crippen molar-refractivity contribution in [2.75, 3.05) is 0 Å². The van der Waals surface area contributed by atoms with Crippen molar-refractivity contribution >= 4 is 16.0 Å². The van der Waals surface area contributed by atoms with Crippen molar-refractivity contribution in [3.63, 3.8) is 0 Å². The number of nitrogens with one attached hydrogen (secondary N) is 1. The van der Waals surface area contributed by atoms with E-state index in [0.29, 0.717) is 5.56 Å². The third kappa shape index (κ3) is 4.50. The van der Waals surface area contributed by atoms with Crippen LogP contribution in [0.2, 0.25) is 0 Å². The number of sulfonamides is 1. The second-order valence-electron chi connectivity index (χ2n) is 4.06. The van der Waals surface area contributed by atoms with Gasteiger partial charge < -0.3 is 5.11 Å². The topological polar surface area (TPSA) is 107 Å². The Bertz CT molecular complexity index is 647. The summed E-state index contributed by atoms with van der Waals surface area (Å²) in [4.78, 5) is 10.9. The van der Waals surface area contributed by atoms with Crippen LogP contribution in [0.3, 0.4) is 0 Å². The summed E-state index contributed by atoms with van der Waals surface area (Å²) in [6.07, 6.45) is 1.30. The Kier molecular flexibility index (Phi) is 5.43. The third-order valence-corrected chi connectivity index (χ3v) is 3.84. The van der Waals surface area contributed by atoms with E-state index in [1.54, 1.807) is 12.1 Å². The Balaban J connectivity index is 2.92. The molecule has 1 aromatic rings. The Morgan fingerprint density at radius 2 is 2.15 bits per heavy atom. The first kappa shape index (κ1) is 15.9. The molecule has 0 fully saturated rings. The van der Waals surface area contributed by atoms with E-state index in [-0.39, 0.29) is 12.0 Å². The molecule has 6 nitrogen and oxygen atoms in total. The number of carbonyl (C=O) groups is 1. The van der Waals surface area contributed by atoms with Crippen molar-refractivity contribution in [3.8, 4) is 6.07 Å². The minimum atomic E-state index is -3.86. The van der Waals surface area contributed by atoms with Gasteiger partial charge in [0.25, 0.3) is 0 Å². The van der Waals surface area contributed by atoms with Crippen molar-refractivity contribution in [2.24, 2.45) is 0 Å². The summed E-state index contributed by atoms with van der Waals surface area (Å²) in [5.41, 5.74) is 0.568. The van der Waals surface area contributed by atoms with E-state index in [1.165, 1.54) is 18.2 Å². The Morgan fingerprint density at radius 3 is 2.70 bits per heavy atom. The molecule has 106 valence electrons. The number of hydrogen-bond acceptors (Lipinski definition) is 4. The number of benzene rings is 1. The summed E-state index contributed by atoms with van der Waals surface area (Å²) in [5, 5.41) is 17.8. The Hall–Kier alpha value is -2.17. The lowest BCUT2D eigenvalue weighted by Crippen LogP contribution is -2.40. The fraction of sp³-hybridized carbons (Fsp3) is 0.231. The molecule has 0 amide bonds. The van der Waals surface area contributed by atoms with Gasteiger partial charge in [-0.05, 0) is 18.1 Å². The predicted octanol–water partition coefficient (Wildman–Crippen LogP) is 1.01. The van der Waals surface area contributed by atoms with Crippen LogP contribution in [-0.4, -0.2) is 25.5 Å². The lowest BCUT2D eigenvalue weighted by atomic mass is 10.1. The van der Waals surface area contributed by atoms with Gasteiger partial charge in [-0.15, -0.1) is 6.58 Å². The van der Waals surface area contributed by atoms with Crippen molar-refractivity contribution < 1.29 is 18.3 Å². The molecule has 1 unspecified atom stereocenters. The van der Waals surface area contributed by atoms with Crippen LogP contribution in [0, 0.1) is 11.3 Å². The maximum Gasteiger partial charge on any atom is 0.322 e. The van der Waals surface area contributed by atoms with E-state index in [4.69, 9.17) is 10.4 Å². The quantitative estimate of drug-likeness (QED) is 0.730. The first-order valence-electron chi connectivity index (χ1n) is 5.71. The second kappa shape index (κ2) is 6.84. The van der Waals surface area contributed by atoms with Crippen LogP contribution < -0.4 is 4.72 Å². The van der Waals surface area contributed by atoms with Crippen LogP contribution in [0.25, 0.3) is 0 Å². The van der Waals surface area contributed by atoms with Crippen molar-refractivity contribution in [3.05, 3.63) is 48.0 Å². The molecule has 0 aliphatic carbocycles. The van der Waals surface area contributed by atoms with Crippen LogP contribution in [0.1, 0.15) is 17.5 Å². The maximum absolute atomic E-state index is 11.9. The minimum Gasteiger partial charge on any atom is -0.480 e. The van der Waals surface area contributed by atoms with E-state index in [0.717, 1.165) is 0 Å². The van der Waals surface area contributed by atoms with Crippen LogP contribution in [-0.2, 0) is 20.6 Å². The molecule has 0 saturated carbocycles. The van der Waals surface area contributed by atoms with Gasteiger partial charge in [0.1, 0.15) is 6.04 Å². The number of carboxylic acids is 1. The van der Waals surface area contributed by atoms with E-state index in [9.17, 15) is 13.2 Å². The van der Waals surface area contributed by atoms with E-state index in [1.807, 2.05) is 6.07 Å². The fourth-order valence-corrected chi connectivity index (χ4v) is 2.96. The van der Waals surface area contributed by atoms with Crippen LogP contribution >= 0.6 is 0 Å². The molecule has 0 bridgehead atoms. The van der Waals surface area contributed by atoms with Crippen LogP contribution in [0.15, 0.2) is 36.9 Å². The molecule has 2 N–H and O–H groups in total. The largest absolute Gasteiger partial charge is 0.480 e. The van der Waals surface area contributed by atoms with Crippen LogP contribution in [0.4, 0.5) is 0 Å². The van der Waals surface area contributed by atoms with Gasteiger partial charge in [0.15, 0.2) is 0 Å². The normalized spacial score (nSPS) is 12.3. The highest BCUT2D eigenvalue weighted by Gasteiger charge is 2.23. The number of aliphatic carboxylic acids is 1. The standard InChI is InChI=1S/C13H14N2O4S/c1-2-5-12(13(16)17)15-20(18,19)9-11-7-4-3-6-10(11)8-14/h2-4,6-7,12,15H,1,5,9H2,(H,16,17). The lowest BCUT2D eigenvalue weighted by Gasteiger charge is -2.13. The highest BCUT2D eigenvalue weighted by atomic mass is 32.2. The lowest BCUT2D eigenvalue weighted by molar-refractivity contribution is -0.138.